The van der Waals surface area contributed by atoms with Gasteiger partial charge in [0.25, 0.3) is 0 Å². The molecule has 0 aliphatic carbocycles. The van der Waals surface area contributed by atoms with Crippen LogP contribution >= 0.6 is 0 Å². The van der Waals surface area contributed by atoms with Crippen LogP contribution in [0.2, 0.25) is 0 Å². The zero-order chi connectivity index (χ0) is 17.8. The van der Waals surface area contributed by atoms with Crippen LogP contribution in [0.1, 0.15) is 29.8 Å². The van der Waals surface area contributed by atoms with Crippen molar-refractivity contribution in [3.8, 4) is 5.75 Å². The second-order valence-electron chi connectivity index (χ2n) is 5.35. The van der Waals surface area contributed by atoms with E-state index in [0.717, 1.165) is 22.5 Å². The predicted octanol–water partition coefficient (Wildman–Crippen LogP) is 3.22. The molecular formula is C18H20N4O3. The number of hydrogen-bond donors (Lipinski definition) is 1. The number of nitrogens with one attached hydrogen (secondary N) is 1. The first kappa shape index (κ1) is 16.8. The van der Waals surface area contributed by atoms with E-state index in [4.69, 9.17) is 9.47 Å². The molecule has 3 rings (SSSR count). The number of methoxy groups -OCH3 is 1. The van der Waals surface area contributed by atoms with E-state index >= 15 is 0 Å². The third kappa shape index (κ3) is 3.26. The Kier molecular flexibility index (Phi) is 4.83. The van der Waals surface area contributed by atoms with E-state index in [2.05, 4.69) is 15.4 Å². The normalized spacial score (nSPS) is 10.7. The molecule has 3 aromatic rings. The lowest BCUT2D eigenvalue weighted by molar-refractivity contribution is 0.0525. The Labute approximate surface area is 145 Å². The second kappa shape index (κ2) is 7.21. The van der Waals surface area contributed by atoms with Crippen molar-refractivity contribution in [3.63, 3.8) is 0 Å². The molecule has 0 radical (unpaired) electrons. The average molecular weight is 340 g/mol. The van der Waals surface area contributed by atoms with Gasteiger partial charge >= 0.3 is 5.97 Å². The van der Waals surface area contributed by atoms with Crippen molar-refractivity contribution in [2.75, 3.05) is 19.0 Å². The van der Waals surface area contributed by atoms with Crippen LogP contribution in [0.15, 0.2) is 36.8 Å². The van der Waals surface area contributed by atoms with Crippen LogP contribution < -0.4 is 10.1 Å². The molecule has 0 aliphatic rings. The predicted molar refractivity (Wildman–Crippen MR) is 94.6 cm³/mol. The van der Waals surface area contributed by atoms with Crippen molar-refractivity contribution >= 4 is 23.0 Å². The number of esters is 1. The van der Waals surface area contributed by atoms with Crippen LogP contribution in [-0.4, -0.2) is 34.3 Å². The number of benzene rings is 1. The van der Waals surface area contributed by atoms with Crippen LogP contribution in [-0.2, 0) is 11.2 Å². The number of carbonyl (C=O) groups excluding carboxylic acids is 1. The molecule has 0 aliphatic heterocycles. The highest BCUT2D eigenvalue weighted by atomic mass is 16.5. The van der Waals surface area contributed by atoms with Crippen molar-refractivity contribution in [3.05, 3.63) is 47.9 Å². The summed E-state index contributed by atoms with van der Waals surface area (Å²) in [5, 5.41) is 7.50. The summed E-state index contributed by atoms with van der Waals surface area (Å²) in [5.41, 5.74) is 3.00. The summed E-state index contributed by atoms with van der Waals surface area (Å²) < 4.78 is 12.0. The summed E-state index contributed by atoms with van der Waals surface area (Å²) in [6.07, 6.45) is 3.80. The van der Waals surface area contributed by atoms with Gasteiger partial charge in [-0.05, 0) is 43.2 Å². The Hall–Kier alpha value is -3.09. The fourth-order valence-electron chi connectivity index (χ4n) is 2.72. The molecule has 0 fully saturated rings. The largest absolute Gasteiger partial charge is 0.497 e. The maximum Gasteiger partial charge on any atom is 0.340 e. The summed E-state index contributed by atoms with van der Waals surface area (Å²) in [6, 6.07) is 7.53. The smallest absolute Gasteiger partial charge is 0.340 e. The highest BCUT2D eigenvalue weighted by Gasteiger charge is 2.20. The first-order valence-corrected chi connectivity index (χ1v) is 8.11. The van der Waals surface area contributed by atoms with E-state index in [-0.39, 0.29) is 5.97 Å². The van der Waals surface area contributed by atoms with Gasteiger partial charge in [0.2, 0.25) is 0 Å². The van der Waals surface area contributed by atoms with Gasteiger partial charge in [-0.15, -0.1) is 0 Å². The molecule has 0 saturated heterocycles. The van der Waals surface area contributed by atoms with Gasteiger partial charge in [-0.25, -0.2) is 14.3 Å². The lowest BCUT2D eigenvalue weighted by Crippen LogP contribution is -2.06. The van der Waals surface area contributed by atoms with Crippen molar-refractivity contribution in [1.29, 1.82) is 0 Å². The fraction of sp³-hybridized carbons (Fsp3) is 0.278. The third-order valence-corrected chi connectivity index (χ3v) is 3.88. The minimum absolute atomic E-state index is 0.330. The highest BCUT2D eigenvalue weighted by molar-refractivity contribution is 5.95. The topological polar surface area (TPSA) is 77.8 Å². The molecule has 0 amide bonds. The van der Waals surface area contributed by atoms with E-state index in [0.29, 0.717) is 24.4 Å². The lowest BCUT2D eigenvalue weighted by Gasteiger charge is -2.09. The molecule has 0 spiro atoms. The molecule has 2 heterocycles. The fourth-order valence-corrected chi connectivity index (χ4v) is 2.72. The molecule has 1 N–H and O–H groups in total. The standard InChI is InChI=1S/C18H20N4O3/c1-4-14-15(18(23)25-5-2)10-22-16(14)17(19-11-20-22)21-12-6-8-13(24-3)9-7-12/h6-11H,4-5H2,1-3H3,(H,19,20,21). The number of rotatable bonds is 6. The summed E-state index contributed by atoms with van der Waals surface area (Å²) in [4.78, 5) is 16.6. The SMILES string of the molecule is CCOC(=O)c1cn2ncnc(Nc3ccc(OC)cc3)c2c1CC. The number of hydrogen-bond acceptors (Lipinski definition) is 6. The van der Waals surface area contributed by atoms with Gasteiger partial charge in [0.15, 0.2) is 5.82 Å². The van der Waals surface area contributed by atoms with E-state index in [1.165, 1.54) is 6.33 Å². The molecule has 2 aromatic heterocycles. The zero-order valence-corrected chi connectivity index (χ0v) is 14.4. The van der Waals surface area contributed by atoms with Crippen LogP contribution in [0.3, 0.4) is 0 Å². The van der Waals surface area contributed by atoms with Gasteiger partial charge in [0.05, 0.1) is 19.3 Å². The monoisotopic (exact) mass is 340 g/mol. The Morgan fingerprint density at radius 3 is 2.64 bits per heavy atom. The summed E-state index contributed by atoms with van der Waals surface area (Å²) in [6.45, 7) is 4.11. The Bertz CT molecular complexity index is 887. The molecular weight excluding hydrogens is 320 g/mol. The number of ether oxygens (including phenoxy) is 2. The summed E-state index contributed by atoms with van der Waals surface area (Å²) in [7, 11) is 1.63. The number of fused-ring (bicyclic) bond motifs is 1. The van der Waals surface area contributed by atoms with Crippen LogP contribution in [0.25, 0.3) is 5.52 Å². The van der Waals surface area contributed by atoms with Crippen molar-refractivity contribution in [1.82, 2.24) is 14.6 Å². The van der Waals surface area contributed by atoms with Gasteiger partial charge < -0.3 is 14.8 Å². The molecule has 0 atom stereocenters. The maximum atomic E-state index is 12.2. The van der Waals surface area contributed by atoms with E-state index in [1.807, 2.05) is 31.2 Å². The van der Waals surface area contributed by atoms with E-state index < -0.39 is 0 Å². The number of aryl methyl sites for hydroxylation is 1. The van der Waals surface area contributed by atoms with Crippen LogP contribution in [0, 0.1) is 0 Å². The van der Waals surface area contributed by atoms with Crippen molar-refractivity contribution < 1.29 is 14.3 Å². The molecule has 0 saturated carbocycles. The van der Waals surface area contributed by atoms with Crippen LogP contribution in [0.4, 0.5) is 11.5 Å². The number of anilines is 2. The Balaban J connectivity index is 2.04. The first-order chi connectivity index (χ1) is 12.2. The summed E-state index contributed by atoms with van der Waals surface area (Å²) in [5.74, 6) is 1.06. The lowest BCUT2D eigenvalue weighted by atomic mass is 10.1. The molecule has 1 aromatic carbocycles. The average Bonchev–Trinajstić information content (AvgIpc) is 3.02. The second-order valence-corrected chi connectivity index (χ2v) is 5.35. The molecule has 7 heteroatoms. The van der Waals surface area contributed by atoms with E-state index in [1.54, 1.807) is 24.7 Å². The Morgan fingerprint density at radius 2 is 2.00 bits per heavy atom. The van der Waals surface area contributed by atoms with Gasteiger partial charge in [-0.1, -0.05) is 6.92 Å². The van der Waals surface area contributed by atoms with Crippen molar-refractivity contribution in [2.45, 2.75) is 20.3 Å². The minimum Gasteiger partial charge on any atom is -0.497 e. The number of carbonyl (C=O) groups is 1. The molecule has 25 heavy (non-hydrogen) atoms. The highest BCUT2D eigenvalue weighted by Crippen LogP contribution is 2.27. The number of aromatic nitrogens is 3. The minimum atomic E-state index is -0.347. The van der Waals surface area contributed by atoms with Gasteiger partial charge in [-0.3, -0.25) is 0 Å². The molecule has 7 nitrogen and oxygen atoms in total. The zero-order valence-electron chi connectivity index (χ0n) is 14.4. The van der Waals surface area contributed by atoms with Crippen LogP contribution in [0.5, 0.6) is 5.75 Å². The van der Waals surface area contributed by atoms with Gasteiger partial charge in [-0.2, -0.15) is 5.10 Å². The maximum absolute atomic E-state index is 12.2. The molecule has 130 valence electrons. The van der Waals surface area contributed by atoms with Gasteiger partial charge in [0.1, 0.15) is 17.6 Å². The molecule has 0 unspecified atom stereocenters. The van der Waals surface area contributed by atoms with Crippen molar-refractivity contribution in [2.24, 2.45) is 0 Å². The molecule has 0 bridgehead atoms. The van der Waals surface area contributed by atoms with Gasteiger partial charge in [0, 0.05) is 11.9 Å². The number of nitrogens with zero attached hydrogens (tertiary/aromatic N) is 3. The summed E-state index contributed by atoms with van der Waals surface area (Å²) >= 11 is 0. The quantitative estimate of drug-likeness (QED) is 0.694. The third-order valence-electron chi connectivity index (χ3n) is 3.88. The van der Waals surface area contributed by atoms with E-state index in [9.17, 15) is 4.79 Å². The Morgan fingerprint density at radius 1 is 1.24 bits per heavy atom. The first-order valence-electron chi connectivity index (χ1n) is 8.11.